The smallest absolute Gasteiger partial charge is 0.421 e. The number of hydrogen-bond acceptors (Lipinski definition) is 5. The van der Waals surface area contributed by atoms with E-state index in [2.05, 4.69) is 32.7 Å². The lowest BCUT2D eigenvalue weighted by Gasteiger charge is -2.23. The van der Waals surface area contributed by atoms with Crippen molar-refractivity contribution in [2.45, 2.75) is 82.4 Å². The predicted octanol–water partition coefficient (Wildman–Crippen LogP) is 8.74. The van der Waals surface area contributed by atoms with E-state index in [9.17, 15) is 13.2 Å². The Morgan fingerprint density at radius 1 is 0.784 bits per heavy atom. The van der Waals surface area contributed by atoms with E-state index in [1.165, 1.54) is 44.1 Å². The SMILES string of the molecule is FC(F)(F)c1cnc(Nc2ccc(C3CCCCC3)cc2)nc1Nc1cccc(OC2CCCCC2)c1. The van der Waals surface area contributed by atoms with Gasteiger partial charge in [0, 0.05) is 23.6 Å². The molecule has 2 aromatic carbocycles. The van der Waals surface area contributed by atoms with E-state index in [0.717, 1.165) is 37.6 Å². The average Bonchev–Trinajstić information content (AvgIpc) is 2.90. The van der Waals surface area contributed by atoms with Crippen LogP contribution in [0.1, 0.15) is 81.3 Å². The average molecular weight is 511 g/mol. The molecule has 0 bridgehead atoms. The molecule has 5 nitrogen and oxygen atoms in total. The van der Waals surface area contributed by atoms with E-state index in [4.69, 9.17) is 4.74 Å². The minimum atomic E-state index is -4.60. The van der Waals surface area contributed by atoms with Crippen molar-refractivity contribution >= 4 is 23.1 Å². The van der Waals surface area contributed by atoms with E-state index in [1.54, 1.807) is 18.2 Å². The fourth-order valence-electron chi connectivity index (χ4n) is 5.31. The second kappa shape index (κ2) is 11.4. The number of anilines is 4. The molecule has 0 atom stereocenters. The number of aromatic nitrogens is 2. The van der Waals surface area contributed by atoms with Gasteiger partial charge in [0.2, 0.25) is 5.95 Å². The van der Waals surface area contributed by atoms with Gasteiger partial charge in [0.25, 0.3) is 0 Å². The molecule has 196 valence electrons. The molecule has 2 aliphatic rings. The number of nitrogens with one attached hydrogen (secondary N) is 2. The largest absolute Gasteiger partial charge is 0.490 e. The molecule has 0 aliphatic heterocycles. The molecule has 5 rings (SSSR count). The predicted molar refractivity (Wildman–Crippen MR) is 140 cm³/mol. The summed E-state index contributed by atoms with van der Waals surface area (Å²) < 4.78 is 47.3. The summed E-state index contributed by atoms with van der Waals surface area (Å²) in [6.07, 6.45) is 8.08. The second-order valence-corrected chi connectivity index (χ2v) is 10.1. The fraction of sp³-hybridized carbons (Fsp3) is 0.448. The first kappa shape index (κ1) is 25.4. The summed E-state index contributed by atoms with van der Waals surface area (Å²) in [5, 5.41) is 5.89. The van der Waals surface area contributed by atoms with Crippen molar-refractivity contribution in [1.82, 2.24) is 9.97 Å². The van der Waals surface area contributed by atoms with Crippen molar-refractivity contribution in [3.63, 3.8) is 0 Å². The number of rotatable bonds is 7. The lowest BCUT2D eigenvalue weighted by atomic mass is 9.84. The molecule has 2 aliphatic carbocycles. The van der Waals surface area contributed by atoms with Gasteiger partial charge >= 0.3 is 6.18 Å². The molecule has 8 heteroatoms. The molecule has 37 heavy (non-hydrogen) atoms. The van der Waals surface area contributed by atoms with Crippen LogP contribution in [0, 0.1) is 0 Å². The van der Waals surface area contributed by atoms with E-state index >= 15 is 0 Å². The van der Waals surface area contributed by atoms with Crippen LogP contribution in [0.4, 0.5) is 36.3 Å². The van der Waals surface area contributed by atoms with Gasteiger partial charge in [0.15, 0.2) is 0 Å². The molecular weight excluding hydrogens is 477 g/mol. The molecule has 0 amide bonds. The number of halogens is 3. The van der Waals surface area contributed by atoms with Crippen molar-refractivity contribution < 1.29 is 17.9 Å². The quantitative estimate of drug-likeness (QED) is 0.333. The Labute approximate surface area is 215 Å². The van der Waals surface area contributed by atoms with Gasteiger partial charge in [-0.25, -0.2) is 4.98 Å². The summed E-state index contributed by atoms with van der Waals surface area (Å²) in [5.41, 5.74) is 1.58. The molecule has 0 radical (unpaired) electrons. The van der Waals surface area contributed by atoms with Gasteiger partial charge in [-0.1, -0.05) is 43.9 Å². The third kappa shape index (κ3) is 6.73. The van der Waals surface area contributed by atoms with Crippen LogP contribution in [0.5, 0.6) is 5.75 Å². The number of ether oxygens (including phenoxy) is 1. The Morgan fingerprint density at radius 3 is 2.19 bits per heavy atom. The Balaban J connectivity index is 1.32. The Kier molecular flexibility index (Phi) is 7.82. The number of nitrogens with zero attached hydrogens (tertiary/aromatic N) is 2. The first-order valence-corrected chi connectivity index (χ1v) is 13.3. The van der Waals surface area contributed by atoms with E-state index in [-0.39, 0.29) is 17.9 Å². The highest BCUT2D eigenvalue weighted by Gasteiger charge is 2.35. The van der Waals surface area contributed by atoms with Crippen LogP contribution in [0.2, 0.25) is 0 Å². The summed E-state index contributed by atoms with van der Waals surface area (Å²) in [6.45, 7) is 0. The van der Waals surface area contributed by atoms with Crippen LogP contribution in [-0.2, 0) is 6.18 Å². The van der Waals surface area contributed by atoms with Crippen LogP contribution in [0.15, 0.2) is 54.7 Å². The van der Waals surface area contributed by atoms with Crippen molar-refractivity contribution in [3.05, 3.63) is 65.9 Å². The van der Waals surface area contributed by atoms with Gasteiger partial charge in [-0.3, -0.25) is 0 Å². The summed E-state index contributed by atoms with van der Waals surface area (Å²) in [5.74, 6) is 1.00. The molecule has 1 aromatic heterocycles. The van der Waals surface area contributed by atoms with Crippen molar-refractivity contribution in [1.29, 1.82) is 0 Å². The van der Waals surface area contributed by atoms with Gasteiger partial charge in [-0.05, 0) is 74.3 Å². The molecule has 2 saturated carbocycles. The van der Waals surface area contributed by atoms with Crippen LogP contribution < -0.4 is 15.4 Å². The lowest BCUT2D eigenvalue weighted by molar-refractivity contribution is -0.137. The Morgan fingerprint density at radius 2 is 1.49 bits per heavy atom. The number of hydrogen-bond donors (Lipinski definition) is 2. The second-order valence-electron chi connectivity index (χ2n) is 10.1. The standard InChI is InChI=1S/C29H33F3N4O/c30-29(31,32)26-19-33-28(35-22-16-14-21(15-17-22)20-8-3-1-4-9-20)36-27(26)34-23-10-7-13-25(18-23)37-24-11-5-2-6-12-24/h7,10,13-20,24H,1-6,8-9,11-12H2,(H2,33,34,35,36). The van der Waals surface area contributed by atoms with Gasteiger partial charge in [0.1, 0.15) is 17.1 Å². The summed E-state index contributed by atoms with van der Waals surface area (Å²) in [6, 6.07) is 15.0. The highest BCUT2D eigenvalue weighted by molar-refractivity contribution is 5.64. The molecule has 0 unspecified atom stereocenters. The van der Waals surface area contributed by atoms with Gasteiger partial charge in [-0.2, -0.15) is 18.2 Å². The highest BCUT2D eigenvalue weighted by Crippen LogP contribution is 2.37. The maximum absolute atomic E-state index is 13.8. The third-order valence-corrected chi connectivity index (χ3v) is 7.29. The molecule has 2 N–H and O–H groups in total. The van der Waals surface area contributed by atoms with E-state index in [0.29, 0.717) is 17.4 Å². The maximum Gasteiger partial charge on any atom is 0.421 e. The topological polar surface area (TPSA) is 59.1 Å². The van der Waals surface area contributed by atoms with Crippen LogP contribution in [0.3, 0.4) is 0 Å². The first-order chi connectivity index (χ1) is 17.9. The zero-order valence-electron chi connectivity index (χ0n) is 20.9. The molecule has 1 heterocycles. The minimum absolute atomic E-state index is 0.0931. The summed E-state index contributed by atoms with van der Waals surface area (Å²) >= 11 is 0. The fourth-order valence-corrected chi connectivity index (χ4v) is 5.31. The number of alkyl halides is 3. The van der Waals surface area contributed by atoms with E-state index < -0.39 is 11.7 Å². The van der Waals surface area contributed by atoms with Crippen LogP contribution in [0.25, 0.3) is 0 Å². The molecule has 0 spiro atoms. The normalized spacial score (nSPS) is 17.4. The summed E-state index contributed by atoms with van der Waals surface area (Å²) in [4.78, 5) is 8.14. The summed E-state index contributed by atoms with van der Waals surface area (Å²) in [7, 11) is 0. The molecule has 3 aromatic rings. The Bertz CT molecular complexity index is 1170. The molecule has 0 saturated heterocycles. The maximum atomic E-state index is 13.8. The van der Waals surface area contributed by atoms with Crippen molar-refractivity contribution in [2.75, 3.05) is 10.6 Å². The zero-order chi connectivity index (χ0) is 25.7. The highest BCUT2D eigenvalue weighted by atomic mass is 19.4. The van der Waals surface area contributed by atoms with Gasteiger partial charge in [-0.15, -0.1) is 0 Å². The first-order valence-electron chi connectivity index (χ1n) is 13.3. The van der Waals surface area contributed by atoms with Crippen LogP contribution >= 0.6 is 0 Å². The van der Waals surface area contributed by atoms with Crippen molar-refractivity contribution in [2.24, 2.45) is 0 Å². The Hall–Kier alpha value is -3.29. The molecular formula is C29H33F3N4O. The molecule has 2 fully saturated rings. The van der Waals surface area contributed by atoms with E-state index in [1.807, 2.05) is 18.2 Å². The minimum Gasteiger partial charge on any atom is -0.490 e. The zero-order valence-corrected chi connectivity index (χ0v) is 20.9. The van der Waals surface area contributed by atoms with Crippen molar-refractivity contribution in [3.8, 4) is 5.75 Å². The van der Waals surface area contributed by atoms with Gasteiger partial charge < -0.3 is 15.4 Å². The monoisotopic (exact) mass is 510 g/mol. The van der Waals surface area contributed by atoms with Crippen LogP contribution in [-0.4, -0.2) is 16.1 Å². The van der Waals surface area contributed by atoms with Gasteiger partial charge in [0.05, 0.1) is 6.10 Å². The third-order valence-electron chi connectivity index (χ3n) is 7.29. The number of benzene rings is 2. The lowest BCUT2D eigenvalue weighted by Crippen LogP contribution is -2.19.